The van der Waals surface area contributed by atoms with Crippen LogP contribution < -0.4 is 10.6 Å². The highest BCUT2D eigenvalue weighted by molar-refractivity contribution is 6.33. The van der Waals surface area contributed by atoms with Gasteiger partial charge >= 0.3 is 18.1 Å². The Hall–Kier alpha value is -3.27. The number of hydrogen-bond donors (Lipinski definition) is 2. The van der Waals surface area contributed by atoms with Crippen LogP contribution in [0.2, 0.25) is 5.02 Å². The molecule has 0 aliphatic carbocycles. The van der Waals surface area contributed by atoms with Crippen LogP contribution in [-0.2, 0) is 20.4 Å². The van der Waals surface area contributed by atoms with Gasteiger partial charge in [0, 0.05) is 0 Å². The molecule has 0 fully saturated rings. The lowest BCUT2D eigenvalue weighted by Gasteiger charge is -2.24. The topological polar surface area (TPSA) is 93.7 Å². The molecule has 0 unspecified atom stereocenters. The van der Waals surface area contributed by atoms with Crippen molar-refractivity contribution in [2.24, 2.45) is 5.92 Å². The number of halogens is 4. The van der Waals surface area contributed by atoms with Gasteiger partial charge in [-0.15, -0.1) is 0 Å². The van der Waals surface area contributed by atoms with E-state index in [1.165, 1.54) is 25.3 Å². The fourth-order valence-corrected chi connectivity index (χ4v) is 3.14. The van der Waals surface area contributed by atoms with Crippen molar-refractivity contribution in [2.75, 3.05) is 24.9 Å². The molecule has 0 aliphatic heterocycles. The van der Waals surface area contributed by atoms with Gasteiger partial charge in [-0.3, -0.25) is 4.79 Å². The lowest BCUT2D eigenvalue weighted by Crippen LogP contribution is -2.39. The molecule has 178 valence electrons. The van der Waals surface area contributed by atoms with Crippen molar-refractivity contribution in [1.29, 1.82) is 0 Å². The number of benzene rings is 2. The summed E-state index contributed by atoms with van der Waals surface area (Å²) >= 11 is 6.00. The van der Waals surface area contributed by atoms with Gasteiger partial charge in [0.15, 0.2) is 0 Å². The predicted molar refractivity (Wildman–Crippen MR) is 116 cm³/mol. The van der Waals surface area contributed by atoms with E-state index in [0.717, 1.165) is 25.3 Å². The summed E-state index contributed by atoms with van der Waals surface area (Å²) in [5.74, 6) is -2.39. The molecule has 0 radical (unpaired) electrons. The number of carbonyl (C=O) groups excluding carboxylic acids is 3. The van der Waals surface area contributed by atoms with Gasteiger partial charge in [0.25, 0.3) is 0 Å². The van der Waals surface area contributed by atoms with Gasteiger partial charge in [-0.2, -0.15) is 13.2 Å². The first-order valence-electron chi connectivity index (χ1n) is 9.63. The van der Waals surface area contributed by atoms with Gasteiger partial charge in [-0.25, -0.2) is 9.59 Å². The zero-order valence-corrected chi connectivity index (χ0v) is 18.9. The fraction of sp³-hybridized carbons (Fsp3) is 0.318. The van der Waals surface area contributed by atoms with Crippen LogP contribution in [0.4, 0.5) is 24.5 Å². The van der Waals surface area contributed by atoms with E-state index < -0.39 is 35.6 Å². The molecule has 0 spiro atoms. The highest BCUT2D eigenvalue weighted by Crippen LogP contribution is 2.34. The average molecular weight is 487 g/mol. The van der Waals surface area contributed by atoms with Gasteiger partial charge < -0.3 is 20.1 Å². The molecule has 0 saturated heterocycles. The number of hydrogen-bond acceptors (Lipinski definition) is 6. The Morgan fingerprint density at radius 2 is 1.58 bits per heavy atom. The van der Waals surface area contributed by atoms with Crippen molar-refractivity contribution in [3.05, 3.63) is 58.1 Å². The maximum atomic E-state index is 13.0. The summed E-state index contributed by atoms with van der Waals surface area (Å²) in [5.41, 5.74) is -0.726. The molecule has 33 heavy (non-hydrogen) atoms. The summed E-state index contributed by atoms with van der Waals surface area (Å²) < 4.78 is 48.1. The number of alkyl halides is 3. The van der Waals surface area contributed by atoms with Gasteiger partial charge in [0.05, 0.1) is 47.3 Å². The zero-order valence-electron chi connectivity index (χ0n) is 18.2. The van der Waals surface area contributed by atoms with Crippen molar-refractivity contribution >= 4 is 40.8 Å². The van der Waals surface area contributed by atoms with Crippen LogP contribution in [0.25, 0.3) is 0 Å². The van der Waals surface area contributed by atoms with Gasteiger partial charge in [-0.05, 0) is 42.3 Å². The first-order valence-corrected chi connectivity index (χ1v) is 10.0. The molecule has 1 atom stereocenters. The summed E-state index contributed by atoms with van der Waals surface area (Å²) in [6, 6.07) is 5.69. The van der Waals surface area contributed by atoms with E-state index in [2.05, 4.69) is 15.4 Å². The number of nitrogens with one attached hydrogen (secondary N) is 2. The molecular weight excluding hydrogens is 465 g/mol. The molecule has 2 N–H and O–H groups in total. The number of anilines is 2. The number of methoxy groups -OCH3 is 2. The molecule has 0 saturated carbocycles. The first kappa shape index (κ1) is 26.0. The minimum atomic E-state index is -4.56. The Morgan fingerprint density at radius 3 is 2.09 bits per heavy atom. The normalized spacial score (nSPS) is 12.2. The Kier molecular flexibility index (Phi) is 8.32. The van der Waals surface area contributed by atoms with E-state index in [0.29, 0.717) is 0 Å². The van der Waals surface area contributed by atoms with Crippen LogP contribution in [0.3, 0.4) is 0 Å². The molecule has 0 aromatic heterocycles. The SMILES string of the molecule is COC(=O)c1ccc(C(=O)OC)c(NC(=O)[C@H](Nc2ccc(C(F)(F)F)cc2Cl)C(C)C)c1. The van der Waals surface area contributed by atoms with Crippen LogP contribution in [-0.4, -0.2) is 38.1 Å². The van der Waals surface area contributed by atoms with E-state index in [1.807, 2.05) is 0 Å². The number of ether oxygens (including phenoxy) is 2. The van der Waals surface area contributed by atoms with Crippen molar-refractivity contribution in [1.82, 2.24) is 0 Å². The summed E-state index contributed by atoms with van der Waals surface area (Å²) in [6.07, 6.45) is -4.56. The number of esters is 2. The summed E-state index contributed by atoms with van der Waals surface area (Å²) in [5, 5.41) is 5.19. The Morgan fingerprint density at radius 1 is 0.939 bits per heavy atom. The lowest BCUT2D eigenvalue weighted by atomic mass is 10.0. The van der Waals surface area contributed by atoms with Crippen LogP contribution in [0.15, 0.2) is 36.4 Å². The Bertz CT molecular complexity index is 1060. The monoisotopic (exact) mass is 486 g/mol. The smallest absolute Gasteiger partial charge is 0.416 e. The van der Waals surface area contributed by atoms with Gasteiger partial charge in [0.2, 0.25) is 5.91 Å². The third-order valence-corrected chi connectivity index (χ3v) is 4.97. The van der Waals surface area contributed by atoms with E-state index in [4.69, 9.17) is 16.3 Å². The molecule has 2 rings (SSSR count). The number of amides is 1. The maximum Gasteiger partial charge on any atom is 0.416 e. The molecule has 0 bridgehead atoms. The Balaban J connectivity index is 2.36. The van der Waals surface area contributed by atoms with E-state index in [1.54, 1.807) is 13.8 Å². The van der Waals surface area contributed by atoms with Gasteiger partial charge in [-0.1, -0.05) is 25.4 Å². The average Bonchev–Trinajstić information content (AvgIpc) is 2.75. The third-order valence-electron chi connectivity index (χ3n) is 4.66. The molecule has 1 amide bonds. The van der Waals surface area contributed by atoms with Crippen LogP contribution in [0.5, 0.6) is 0 Å². The minimum absolute atomic E-state index is 0.000663. The molecule has 0 heterocycles. The zero-order chi connectivity index (χ0) is 24.9. The lowest BCUT2D eigenvalue weighted by molar-refractivity contribution is -0.137. The molecule has 11 heteroatoms. The van der Waals surface area contributed by atoms with E-state index in [9.17, 15) is 27.6 Å². The highest BCUT2D eigenvalue weighted by Gasteiger charge is 2.31. The second-order valence-electron chi connectivity index (χ2n) is 7.29. The largest absolute Gasteiger partial charge is 0.465 e. The van der Waals surface area contributed by atoms with E-state index >= 15 is 0 Å². The minimum Gasteiger partial charge on any atom is -0.465 e. The Labute approximate surface area is 193 Å². The first-order chi connectivity index (χ1) is 15.4. The highest BCUT2D eigenvalue weighted by atomic mass is 35.5. The number of rotatable bonds is 7. The quantitative estimate of drug-likeness (QED) is 0.534. The van der Waals surface area contributed by atoms with Crippen LogP contribution >= 0.6 is 11.6 Å². The molecule has 2 aromatic carbocycles. The van der Waals surface area contributed by atoms with E-state index in [-0.39, 0.29) is 33.4 Å². The standard InChI is InChI=1S/C22H22ClF3N2O5/c1-11(2)18(27-16-8-6-13(10-15(16)23)22(24,25)26)19(29)28-17-9-12(20(30)32-3)5-7-14(17)21(31)33-4/h5-11,18,27H,1-4H3,(H,28,29)/t18-/m1/s1. The van der Waals surface area contributed by atoms with Crippen molar-refractivity contribution < 1.29 is 37.0 Å². The molecular formula is C22H22ClF3N2O5. The third kappa shape index (κ3) is 6.38. The van der Waals surface area contributed by atoms with Crippen molar-refractivity contribution in [3.8, 4) is 0 Å². The van der Waals surface area contributed by atoms with Crippen LogP contribution in [0.1, 0.15) is 40.1 Å². The number of carbonyl (C=O) groups is 3. The summed E-state index contributed by atoms with van der Waals surface area (Å²) in [7, 11) is 2.34. The second kappa shape index (κ2) is 10.6. The fourth-order valence-electron chi connectivity index (χ4n) is 2.90. The second-order valence-corrected chi connectivity index (χ2v) is 7.70. The van der Waals surface area contributed by atoms with Gasteiger partial charge in [0.1, 0.15) is 6.04 Å². The molecule has 7 nitrogen and oxygen atoms in total. The maximum absolute atomic E-state index is 13.0. The van der Waals surface area contributed by atoms with Crippen molar-refractivity contribution in [3.63, 3.8) is 0 Å². The molecule has 2 aromatic rings. The van der Waals surface area contributed by atoms with Crippen LogP contribution in [0, 0.1) is 5.92 Å². The summed E-state index contributed by atoms with van der Waals surface area (Å²) in [4.78, 5) is 37.0. The predicted octanol–water partition coefficient (Wildman–Crippen LogP) is 5.01. The molecule has 0 aliphatic rings. The van der Waals surface area contributed by atoms with Crippen molar-refractivity contribution in [2.45, 2.75) is 26.1 Å². The summed E-state index contributed by atoms with van der Waals surface area (Å²) in [6.45, 7) is 3.42.